The van der Waals surface area contributed by atoms with E-state index in [4.69, 9.17) is 0 Å². The van der Waals surface area contributed by atoms with Gasteiger partial charge in [0.05, 0.1) is 5.56 Å². The highest BCUT2D eigenvalue weighted by Gasteiger charge is 2.10. The summed E-state index contributed by atoms with van der Waals surface area (Å²) in [5, 5.41) is 9.62. The minimum absolute atomic E-state index is 0.0159. The topological polar surface area (TPSA) is 37.3 Å². The molecule has 0 heterocycles. The van der Waals surface area contributed by atoms with Gasteiger partial charge in [-0.25, -0.2) is 0 Å². The molecule has 1 rings (SSSR count). The Morgan fingerprint density at radius 1 is 1.43 bits per heavy atom. The van der Waals surface area contributed by atoms with Crippen molar-refractivity contribution in [3.8, 4) is 5.75 Å². The van der Waals surface area contributed by atoms with Crippen molar-refractivity contribution in [2.75, 3.05) is 0 Å². The zero-order valence-corrected chi connectivity index (χ0v) is 8.87. The molecule has 0 amide bonds. The summed E-state index contributed by atoms with van der Waals surface area (Å²) < 4.78 is 0. The molecule has 0 radical (unpaired) electrons. The molecule has 0 spiro atoms. The van der Waals surface area contributed by atoms with Gasteiger partial charge in [0.2, 0.25) is 0 Å². The molecule has 0 aromatic heterocycles. The van der Waals surface area contributed by atoms with Gasteiger partial charge in [-0.3, -0.25) is 4.79 Å². The molecule has 14 heavy (non-hydrogen) atoms. The van der Waals surface area contributed by atoms with Crippen LogP contribution in [0.3, 0.4) is 0 Å². The summed E-state index contributed by atoms with van der Waals surface area (Å²) in [6, 6.07) is 5.28. The highest BCUT2D eigenvalue weighted by molar-refractivity contribution is 5.98. The zero-order valence-electron chi connectivity index (χ0n) is 8.87. The SMILES string of the molecule is CCC(=O)c1ccc(C(C)C)cc1O. The maximum atomic E-state index is 11.4. The quantitative estimate of drug-likeness (QED) is 0.747. The number of hydrogen-bond acceptors (Lipinski definition) is 2. The Labute approximate surface area is 84.6 Å². The Bertz CT molecular complexity index is 340. The Hall–Kier alpha value is -1.31. The molecule has 1 N–H and O–H groups in total. The molecule has 0 bridgehead atoms. The van der Waals surface area contributed by atoms with Gasteiger partial charge in [0.1, 0.15) is 5.75 Å². The number of rotatable bonds is 3. The monoisotopic (exact) mass is 192 g/mol. The van der Waals surface area contributed by atoms with Gasteiger partial charge in [-0.15, -0.1) is 0 Å². The fourth-order valence-electron chi connectivity index (χ4n) is 1.33. The third-order valence-electron chi connectivity index (χ3n) is 2.31. The zero-order chi connectivity index (χ0) is 10.7. The predicted octanol–water partition coefficient (Wildman–Crippen LogP) is 3.11. The third kappa shape index (κ3) is 2.13. The van der Waals surface area contributed by atoms with E-state index in [0.29, 0.717) is 17.9 Å². The molecule has 0 unspecified atom stereocenters. The van der Waals surface area contributed by atoms with Gasteiger partial charge in [0.25, 0.3) is 0 Å². The second-order valence-electron chi connectivity index (χ2n) is 3.71. The van der Waals surface area contributed by atoms with Crippen molar-refractivity contribution in [3.05, 3.63) is 29.3 Å². The number of phenols is 1. The van der Waals surface area contributed by atoms with Crippen LogP contribution in [0.25, 0.3) is 0 Å². The first kappa shape index (κ1) is 10.8. The molecule has 2 nitrogen and oxygen atoms in total. The number of phenolic OH excluding ortho intramolecular Hbond substituents is 1. The first-order valence-electron chi connectivity index (χ1n) is 4.92. The number of aromatic hydroxyl groups is 1. The van der Waals surface area contributed by atoms with E-state index in [1.54, 1.807) is 19.1 Å². The van der Waals surface area contributed by atoms with Crippen LogP contribution in [-0.2, 0) is 0 Å². The maximum absolute atomic E-state index is 11.4. The molecule has 0 saturated heterocycles. The highest BCUT2D eigenvalue weighted by atomic mass is 16.3. The van der Waals surface area contributed by atoms with Gasteiger partial charge >= 0.3 is 0 Å². The molecule has 0 saturated carbocycles. The lowest BCUT2D eigenvalue weighted by Crippen LogP contribution is -1.98. The molecule has 0 fully saturated rings. The average molecular weight is 192 g/mol. The van der Waals surface area contributed by atoms with E-state index in [9.17, 15) is 9.90 Å². The van der Waals surface area contributed by atoms with E-state index < -0.39 is 0 Å². The average Bonchev–Trinajstić information content (AvgIpc) is 2.16. The lowest BCUT2D eigenvalue weighted by molar-refractivity contribution is 0.0985. The summed E-state index contributed by atoms with van der Waals surface area (Å²) in [4.78, 5) is 11.4. The molecular weight excluding hydrogens is 176 g/mol. The van der Waals surface area contributed by atoms with Crippen molar-refractivity contribution < 1.29 is 9.90 Å². The number of Topliss-reactive ketones (excluding diaryl/α,β-unsaturated/α-hetero) is 1. The van der Waals surface area contributed by atoms with Crippen molar-refractivity contribution in [1.29, 1.82) is 0 Å². The second-order valence-corrected chi connectivity index (χ2v) is 3.71. The molecule has 0 aliphatic heterocycles. The summed E-state index contributed by atoms with van der Waals surface area (Å²) in [6.45, 7) is 5.89. The Balaban J connectivity index is 3.07. The molecular formula is C12H16O2. The third-order valence-corrected chi connectivity index (χ3v) is 2.31. The second kappa shape index (κ2) is 4.27. The van der Waals surface area contributed by atoms with E-state index in [2.05, 4.69) is 13.8 Å². The summed E-state index contributed by atoms with van der Waals surface area (Å²) in [5.41, 5.74) is 1.48. The van der Waals surface area contributed by atoms with Gasteiger partial charge in [0.15, 0.2) is 5.78 Å². The minimum Gasteiger partial charge on any atom is -0.507 e. The number of carbonyl (C=O) groups excluding carboxylic acids is 1. The molecule has 0 aliphatic carbocycles. The van der Waals surface area contributed by atoms with Gasteiger partial charge in [-0.2, -0.15) is 0 Å². The van der Waals surface area contributed by atoms with E-state index in [1.165, 1.54) is 0 Å². The van der Waals surface area contributed by atoms with E-state index in [0.717, 1.165) is 5.56 Å². The first-order valence-corrected chi connectivity index (χ1v) is 4.92. The number of ketones is 1. The van der Waals surface area contributed by atoms with E-state index in [-0.39, 0.29) is 11.5 Å². The minimum atomic E-state index is -0.0159. The Kier molecular flexibility index (Phi) is 3.28. The van der Waals surface area contributed by atoms with Crippen molar-refractivity contribution in [2.24, 2.45) is 0 Å². The molecule has 76 valence electrons. The van der Waals surface area contributed by atoms with Gasteiger partial charge < -0.3 is 5.11 Å². The molecule has 1 aromatic rings. The predicted molar refractivity (Wildman–Crippen MR) is 56.8 cm³/mol. The largest absolute Gasteiger partial charge is 0.507 e. The van der Waals surface area contributed by atoms with Crippen molar-refractivity contribution in [3.63, 3.8) is 0 Å². The van der Waals surface area contributed by atoms with Crippen LogP contribution in [0.4, 0.5) is 0 Å². The van der Waals surface area contributed by atoms with Crippen molar-refractivity contribution >= 4 is 5.78 Å². The standard InChI is InChI=1S/C12H16O2/c1-4-11(13)10-6-5-9(8(2)3)7-12(10)14/h5-8,14H,4H2,1-3H3. The maximum Gasteiger partial charge on any atom is 0.166 e. The van der Waals surface area contributed by atoms with Gasteiger partial charge in [-0.1, -0.05) is 26.8 Å². The van der Waals surface area contributed by atoms with Crippen molar-refractivity contribution in [1.82, 2.24) is 0 Å². The fourth-order valence-corrected chi connectivity index (χ4v) is 1.33. The first-order chi connectivity index (χ1) is 6.56. The van der Waals surface area contributed by atoms with Crippen LogP contribution in [0.5, 0.6) is 5.75 Å². The van der Waals surface area contributed by atoms with Gasteiger partial charge in [0, 0.05) is 6.42 Å². The normalized spacial score (nSPS) is 10.6. The fraction of sp³-hybridized carbons (Fsp3) is 0.417. The summed E-state index contributed by atoms with van der Waals surface area (Å²) in [5.74, 6) is 0.451. The summed E-state index contributed by atoms with van der Waals surface area (Å²) in [6.07, 6.45) is 0.425. The van der Waals surface area contributed by atoms with Crippen LogP contribution < -0.4 is 0 Å². The number of hydrogen-bond donors (Lipinski definition) is 1. The smallest absolute Gasteiger partial charge is 0.166 e. The molecule has 1 aromatic carbocycles. The molecule has 2 heteroatoms. The Morgan fingerprint density at radius 3 is 2.50 bits per heavy atom. The molecule has 0 atom stereocenters. The number of benzene rings is 1. The summed E-state index contributed by atoms with van der Waals surface area (Å²) in [7, 11) is 0. The highest BCUT2D eigenvalue weighted by Crippen LogP contribution is 2.24. The van der Waals surface area contributed by atoms with Gasteiger partial charge in [-0.05, 0) is 23.6 Å². The van der Waals surface area contributed by atoms with Crippen LogP contribution in [0.15, 0.2) is 18.2 Å². The van der Waals surface area contributed by atoms with Crippen LogP contribution in [0.1, 0.15) is 49.0 Å². The van der Waals surface area contributed by atoms with E-state index >= 15 is 0 Å². The van der Waals surface area contributed by atoms with Crippen LogP contribution in [0.2, 0.25) is 0 Å². The van der Waals surface area contributed by atoms with Crippen molar-refractivity contribution in [2.45, 2.75) is 33.1 Å². The van der Waals surface area contributed by atoms with E-state index in [1.807, 2.05) is 6.07 Å². The van der Waals surface area contributed by atoms with Crippen LogP contribution >= 0.6 is 0 Å². The Morgan fingerprint density at radius 2 is 2.07 bits per heavy atom. The van der Waals surface area contributed by atoms with Crippen LogP contribution in [-0.4, -0.2) is 10.9 Å². The summed E-state index contributed by atoms with van der Waals surface area (Å²) >= 11 is 0. The lowest BCUT2D eigenvalue weighted by atomic mass is 9.99. The molecule has 0 aliphatic rings. The van der Waals surface area contributed by atoms with Crippen LogP contribution in [0, 0.1) is 0 Å². The lowest BCUT2D eigenvalue weighted by Gasteiger charge is -2.08. The number of carbonyl (C=O) groups is 1.